The number of carbonyl (C=O) groups excluding carboxylic acids is 2. The zero-order valence-electron chi connectivity index (χ0n) is 24.3. The number of anilines is 1. The number of aliphatic hydroxyl groups excluding tert-OH is 1. The molecule has 4 aromatic rings. The van der Waals surface area contributed by atoms with Gasteiger partial charge < -0.3 is 30.0 Å². The molecule has 1 aliphatic rings. The number of thioether (sulfide) groups is 1. The van der Waals surface area contributed by atoms with E-state index in [2.05, 4.69) is 26.2 Å². The summed E-state index contributed by atoms with van der Waals surface area (Å²) in [6, 6.07) is 22.9. The first-order valence-corrected chi connectivity index (χ1v) is 15.1. The Morgan fingerprint density at radius 3 is 2.41 bits per heavy atom. The van der Waals surface area contributed by atoms with Crippen LogP contribution in [0.15, 0.2) is 84.0 Å². The summed E-state index contributed by atoms with van der Waals surface area (Å²) in [4.78, 5) is 25.1. The Bertz CT molecular complexity index is 1520. The van der Waals surface area contributed by atoms with E-state index in [4.69, 9.17) is 14.2 Å². The van der Waals surface area contributed by atoms with Crippen LogP contribution in [0.5, 0.6) is 0 Å². The molecule has 5 rings (SSSR count). The second kappa shape index (κ2) is 14.9. The third kappa shape index (κ3) is 8.20. The monoisotopic (exact) mass is 618 g/mol. The summed E-state index contributed by atoms with van der Waals surface area (Å²) in [5.74, 6) is 0.0818. The lowest BCUT2D eigenvalue weighted by atomic mass is 10.0. The van der Waals surface area contributed by atoms with Crippen molar-refractivity contribution in [2.24, 2.45) is 7.05 Å². The second-order valence-corrected chi connectivity index (χ2v) is 11.2. The van der Waals surface area contributed by atoms with Gasteiger partial charge in [-0.15, -0.1) is 5.10 Å². The lowest BCUT2D eigenvalue weighted by molar-refractivity contribution is -0.245. The number of benzene rings is 3. The number of rotatable bonds is 11. The molecule has 12 nitrogen and oxygen atoms in total. The number of aromatic nitrogens is 4. The molecule has 1 aromatic heterocycles. The van der Waals surface area contributed by atoms with E-state index in [0.717, 1.165) is 22.3 Å². The van der Waals surface area contributed by atoms with Crippen molar-refractivity contribution in [1.29, 1.82) is 0 Å². The number of ether oxygens (including phenoxy) is 3. The van der Waals surface area contributed by atoms with Gasteiger partial charge in [-0.05, 0) is 39.2 Å². The van der Waals surface area contributed by atoms with Crippen LogP contribution in [0.3, 0.4) is 0 Å². The van der Waals surface area contributed by atoms with Crippen LogP contribution < -0.4 is 10.6 Å². The zero-order valence-corrected chi connectivity index (χ0v) is 25.1. The number of methoxy groups -OCH3 is 1. The van der Waals surface area contributed by atoms with Gasteiger partial charge in [0.25, 0.3) is 0 Å². The number of carbonyl (C=O) groups is 2. The van der Waals surface area contributed by atoms with E-state index >= 15 is 0 Å². The summed E-state index contributed by atoms with van der Waals surface area (Å²) >= 11 is 1.50. The van der Waals surface area contributed by atoms with Crippen LogP contribution in [0.4, 0.5) is 10.5 Å². The van der Waals surface area contributed by atoms with Gasteiger partial charge in [0.05, 0.1) is 25.9 Å². The Morgan fingerprint density at radius 1 is 1.02 bits per heavy atom. The molecule has 3 N–H and O–H groups in total. The summed E-state index contributed by atoms with van der Waals surface area (Å²) in [6.45, 7) is -0.0304. The van der Waals surface area contributed by atoms with Crippen molar-refractivity contribution in [3.8, 4) is 0 Å². The van der Waals surface area contributed by atoms with Crippen molar-refractivity contribution in [1.82, 2.24) is 25.5 Å². The molecule has 0 unspecified atom stereocenters. The fourth-order valence-electron chi connectivity index (χ4n) is 4.77. The number of nitrogens with zero attached hydrogens (tertiary/aromatic N) is 4. The molecule has 1 aliphatic heterocycles. The van der Waals surface area contributed by atoms with Gasteiger partial charge in [0.1, 0.15) is 6.04 Å². The van der Waals surface area contributed by atoms with Gasteiger partial charge in [-0.3, -0.25) is 0 Å². The van der Waals surface area contributed by atoms with Crippen LogP contribution in [0, 0.1) is 0 Å². The maximum Gasteiger partial charge on any atom is 0.328 e. The SMILES string of the molecule is COC(=O)[C@H](Cc1ccccc1)NC(=O)Nc1ccc([C@H]2O[C@@H](CSc3nnnn3C)C[C@@H](c3ccc(CO)cc3)O2)cc1. The van der Waals surface area contributed by atoms with Crippen molar-refractivity contribution in [2.45, 2.75) is 49.1 Å². The Labute approximate surface area is 259 Å². The molecule has 3 aromatic carbocycles. The fourth-order valence-corrected chi connectivity index (χ4v) is 5.64. The van der Waals surface area contributed by atoms with E-state index in [-0.39, 0.29) is 18.8 Å². The molecule has 0 radical (unpaired) electrons. The maximum absolute atomic E-state index is 12.8. The van der Waals surface area contributed by atoms with E-state index in [1.54, 1.807) is 23.9 Å². The van der Waals surface area contributed by atoms with Crippen molar-refractivity contribution >= 4 is 29.4 Å². The molecule has 2 amide bonds. The molecule has 1 fully saturated rings. The number of aliphatic hydroxyl groups is 1. The highest BCUT2D eigenvalue weighted by molar-refractivity contribution is 7.99. The summed E-state index contributed by atoms with van der Waals surface area (Å²) in [7, 11) is 3.08. The molecule has 1 saturated heterocycles. The number of nitrogens with one attached hydrogen (secondary N) is 2. The number of amides is 2. The Balaban J connectivity index is 1.25. The number of hydrogen-bond donors (Lipinski definition) is 3. The third-order valence-electron chi connectivity index (χ3n) is 7.11. The minimum absolute atomic E-state index is 0.0304. The van der Waals surface area contributed by atoms with Gasteiger partial charge in [0.2, 0.25) is 5.16 Å². The lowest BCUT2D eigenvalue weighted by Crippen LogP contribution is -2.45. The molecule has 0 aliphatic carbocycles. The number of aryl methyl sites for hydroxylation is 1. The van der Waals surface area contributed by atoms with Gasteiger partial charge in [0, 0.05) is 36.9 Å². The quantitative estimate of drug-likeness (QED) is 0.167. The maximum atomic E-state index is 12.8. The normalized spacial score (nSPS) is 18.8. The Kier molecular flexibility index (Phi) is 10.6. The average molecular weight is 619 g/mol. The fraction of sp³-hybridized carbons (Fsp3) is 0.323. The van der Waals surface area contributed by atoms with Crippen molar-refractivity contribution in [2.75, 3.05) is 18.2 Å². The molecule has 13 heteroatoms. The minimum atomic E-state index is -0.846. The summed E-state index contributed by atoms with van der Waals surface area (Å²) in [5.41, 5.74) is 4.01. The highest BCUT2D eigenvalue weighted by atomic mass is 32.2. The summed E-state index contributed by atoms with van der Waals surface area (Å²) < 4.78 is 19.3. The van der Waals surface area contributed by atoms with Crippen LogP contribution in [0.25, 0.3) is 0 Å². The van der Waals surface area contributed by atoms with E-state index in [1.807, 2.05) is 66.7 Å². The van der Waals surface area contributed by atoms with Crippen LogP contribution in [-0.2, 0) is 39.1 Å². The zero-order chi connectivity index (χ0) is 30.9. The summed E-state index contributed by atoms with van der Waals surface area (Å²) in [6.07, 6.45) is -0.147. The largest absolute Gasteiger partial charge is 0.467 e. The van der Waals surface area contributed by atoms with E-state index in [9.17, 15) is 14.7 Å². The average Bonchev–Trinajstić information content (AvgIpc) is 3.48. The van der Waals surface area contributed by atoms with Crippen molar-refractivity contribution < 1.29 is 28.9 Å². The number of esters is 1. The third-order valence-corrected chi connectivity index (χ3v) is 8.25. The first kappa shape index (κ1) is 31.1. The molecular weight excluding hydrogens is 584 g/mol. The lowest BCUT2D eigenvalue weighted by Gasteiger charge is -2.36. The van der Waals surface area contributed by atoms with Crippen molar-refractivity contribution in [3.05, 3.63) is 101 Å². The molecule has 0 spiro atoms. The van der Waals surface area contributed by atoms with Crippen LogP contribution in [0.1, 0.15) is 41.1 Å². The first-order chi connectivity index (χ1) is 21.4. The molecule has 2 heterocycles. The van der Waals surface area contributed by atoms with Gasteiger partial charge in [-0.2, -0.15) is 0 Å². The molecule has 44 heavy (non-hydrogen) atoms. The van der Waals surface area contributed by atoms with Crippen LogP contribution in [0.2, 0.25) is 0 Å². The van der Waals surface area contributed by atoms with Crippen molar-refractivity contribution in [3.63, 3.8) is 0 Å². The number of tetrazole rings is 1. The molecular formula is C31H34N6O6S. The topological polar surface area (TPSA) is 150 Å². The standard InChI is InChI=1S/C31H34N6O6S/c1-37-31(34-35-36-37)44-19-25-17-27(22-10-8-21(18-38)9-11-22)43-29(42-25)23-12-14-24(15-13-23)32-30(40)33-26(28(39)41-2)16-20-6-4-3-5-7-20/h3-15,25-27,29,38H,16-19H2,1-2H3,(H2,32,33,40)/t25-,26+,27+,29+/m1/s1. The Hall–Kier alpha value is -4.30. The highest BCUT2D eigenvalue weighted by Crippen LogP contribution is 2.39. The number of hydrogen-bond acceptors (Lipinski definition) is 10. The van der Waals surface area contributed by atoms with Crippen LogP contribution >= 0.6 is 11.8 Å². The smallest absolute Gasteiger partial charge is 0.328 e. The van der Waals surface area contributed by atoms with Gasteiger partial charge in [0.15, 0.2) is 6.29 Å². The van der Waals surface area contributed by atoms with Gasteiger partial charge in [-0.25, -0.2) is 14.3 Å². The van der Waals surface area contributed by atoms with E-state index in [0.29, 0.717) is 29.4 Å². The highest BCUT2D eigenvalue weighted by Gasteiger charge is 2.32. The van der Waals surface area contributed by atoms with Crippen LogP contribution in [-0.4, -0.2) is 62.3 Å². The molecule has 0 bridgehead atoms. The molecule has 4 atom stereocenters. The van der Waals surface area contributed by atoms with E-state index in [1.165, 1.54) is 18.9 Å². The predicted octanol–water partition coefficient (Wildman–Crippen LogP) is 3.95. The molecule has 0 saturated carbocycles. The summed E-state index contributed by atoms with van der Waals surface area (Å²) in [5, 5.41) is 27.3. The van der Waals surface area contributed by atoms with Gasteiger partial charge in [-0.1, -0.05) is 78.5 Å². The predicted molar refractivity (Wildman–Crippen MR) is 162 cm³/mol. The van der Waals surface area contributed by atoms with E-state index < -0.39 is 24.3 Å². The minimum Gasteiger partial charge on any atom is -0.467 e. The first-order valence-electron chi connectivity index (χ1n) is 14.1. The second-order valence-electron chi connectivity index (χ2n) is 10.2. The Morgan fingerprint density at radius 2 is 1.75 bits per heavy atom. The number of urea groups is 1. The molecule has 230 valence electrons. The van der Waals surface area contributed by atoms with Gasteiger partial charge >= 0.3 is 12.0 Å².